The van der Waals surface area contributed by atoms with Crippen molar-refractivity contribution in [3.05, 3.63) is 42.5 Å². The van der Waals surface area contributed by atoms with E-state index in [1.54, 1.807) is 12.1 Å². The summed E-state index contributed by atoms with van der Waals surface area (Å²) in [5, 5.41) is 12.9. The van der Waals surface area contributed by atoms with Crippen molar-refractivity contribution in [2.24, 2.45) is 5.92 Å². The van der Waals surface area contributed by atoms with E-state index in [2.05, 4.69) is 10.3 Å². The maximum Gasteiger partial charge on any atom is 0.231 e. The van der Waals surface area contributed by atoms with Gasteiger partial charge in [-0.05, 0) is 24.3 Å². The maximum absolute atomic E-state index is 11.7. The second-order valence-corrected chi connectivity index (χ2v) is 5.36. The van der Waals surface area contributed by atoms with Crippen molar-refractivity contribution in [2.45, 2.75) is 13.8 Å². The molecular weight excluding hydrogens is 280 g/mol. The van der Waals surface area contributed by atoms with Crippen LogP contribution in [0.2, 0.25) is 0 Å². The van der Waals surface area contributed by atoms with E-state index in [9.17, 15) is 9.90 Å². The zero-order valence-electron chi connectivity index (χ0n) is 12.3. The van der Waals surface area contributed by atoms with Gasteiger partial charge in [-0.15, -0.1) is 0 Å². The van der Waals surface area contributed by atoms with E-state index >= 15 is 0 Å². The summed E-state index contributed by atoms with van der Waals surface area (Å²) >= 11 is 0. The summed E-state index contributed by atoms with van der Waals surface area (Å²) in [4.78, 5) is 16.0. The van der Waals surface area contributed by atoms with Crippen molar-refractivity contribution in [3.63, 3.8) is 0 Å². The predicted octanol–water partition coefficient (Wildman–Crippen LogP) is 3.79. The number of benzene rings is 2. The Bertz CT molecular complexity index is 804. The van der Waals surface area contributed by atoms with Gasteiger partial charge in [0.25, 0.3) is 0 Å². The Balaban J connectivity index is 1.93. The maximum atomic E-state index is 11.7. The third-order valence-corrected chi connectivity index (χ3v) is 3.31. The molecule has 3 rings (SSSR count). The number of aromatic hydroxyl groups is 1. The molecule has 5 nitrogen and oxygen atoms in total. The number of carbonyl (C=O) groups is 1. The predicted molar refractivity (Wildman–Crippen MR) is 84.6 cm³/mol. The fourth-order valence-electron chi connectivity index (χ4n) is 2.06. The van der Waals surface area contributed by atoms with Crippen LogP contribution >= 0.6 is 0 Å². The molecule has 2 aromatic carbocycles. The molecule has 22 heavy (non-hydrogen) atoms. The van der Waals surface area contributed by atoms with Gasteiger partial charge >= 0.3 is 0 Å². The number of phenolic OH excluding ortho intramolecular Hbond substituents is 1. The molecule has 1 amide bonds. The Hall–Kier alpha value is -2.82. The van der Waals surface area contributed by atoms with Gasteiger partial charge < -0.3 is 14.8 Å². The Kier molecular flexibility index (Phi) is 3.55. The highest BCUT2D eigenvalue weighted by Gasteiger charge is 2.14. The fraction of sp³-hybridized carbons (Fsp3) is 0.176. The highest BCUT2D eigenvalue weighted by Crippen LogP contribution is 2.33. The number of anilines is 1. The van der Waals surface area contributed by atoms with E-state index in [-0.39, 0.29) is 17.6 Å². The van der Waals surface area contributed by atoms with Gasteiger partial charge in [0.1, 0.15) is 11.3 Å². The largest absolute Gasteiger partial charge is 0.507 e. The first kappa shape index (κ1) is 14.1. The lowest BCUT2D eigenvalue weighted by molar-refractivity contribution is -0.118. The zero-order chi connectivity index (χ0) is 15.7. The minimum atomic E-state index is -0.126. The topological polar surface area (TPSA) is 75.4 Å². The van der Waals surface area contributed by atoms with Crippen molar-refractivity contribution in [2.75, 3.05) is 5.32 Å². The number of fused-ring (bicyclic) bond motifs is 1. The van der Waals surface area contributed by atoms with Gasteiger partial charge in [-0.1, -0.05) is 26.0 Å². The molecule has 0 aliphatic heterocycles. The average Bonchev–Trinajstić information content (AvgIpc) is 2.90. The van der Waals surface area contributed by atoms with Crippen LogP contribution in [0.15, 0.2) is 46.9 Å². The van der Waals surface area contributed by atoms with Crippen LogP contribution in [0, 0.1) is 5.92 Å². The average molecular weight is 296 g/mol. The van der Waals surface area contributed by atoms with Crippen LogP contribution in [0.5, 0.6) is 5.75 Å². The van der Waals surface area contributed by atoms with Crippen molar-refractivity contribution in [1.82, 2.24) is 4.98 Å². The van der Waals surface area contributed by atoms with Crippen LogP contribution in [-0.4, -0.2) is 16.0 Å². The van der Waals surface area contributed by atoms with Crippen LogP contribution in [0.4, 0.5) is 5.69 Å². The van der Waals surface area contributed by atoms with Gasteiger partial charge in [-0.3, -0.25) is 4.79 Å². The van der Waals surface area contributed by atoms with Crippen molar-refractivity contribution in [1.29, 1.82) is 0 Å². The molecular formula is C17H16N2O3. The second-order valence-electron chi connectivity index (χ2n) is 5.36. The van der Waals surface area contributed by atoms with Crippen LogP contribution in [0.25, 0.3) is 22.6 Å². The Morgan fingerprint density at radius 1 is 1.23 bits per heavy atom. The third-order valence-electron chi connectivity index (χ3n) is 3.31. The smallest absolute Gasteiger partial charge is 0.231 e. The SMILES string of the molecule is CC(C)C(=O)Nc1ccc(-c2nc3ccccc3o2)c(O)c1. The van der Waals surface area contributed by atoms with Crippen LogP contribution < -0.4 is 5.32 Å². The first-order valence-corrected chi connectivity index (χ1v) is 7.04. The summed E-state index contributed by atoms with van der Waals surface area (Å²) in [5.41, 5.74) is 2.41. The van der Waals surface area contributed by atoms with E-state index in [0.29, 0.717) is 22.7 Å². The van der Waals surface area contributed by atoms with Gasteiger partial charge in [-0.2, -0.15) is 0 Å². The molecule has 1 heterocycles. The molecule has 2 N–H and O–H groups in total. The first-order chi connectivity index (χ1) is 10.5. The van der Waals surface area contributed by atoms with Crippen LogP contribution in [0.1, 0.15) is 13.8 Å². The van der Waals surface area contributed by atoms with E-state index < -0.39 is 0 Å². The van der Waals surface area contributed by atoms with E-state index in [4.69, 9.17) is 4.42 Å². The third kappa shape index (κ3) is 2.65. The number of hydrogen-bond acceptors (Lipinski definition) is 4. The Morgan fingerprint density at radius 2 is 2.00 bits per heavy atom. The van der Waals surface area contributed by atoms with E-state index in [1.165, 1.54) is 6.07 Å². The van der Waals surface area contributed by atoms with Gasteiger partial charge in [0.05, 0.1) is 5.56 Å². The molecule has 0 aliphatic rings. The first-order valence-electron chi connectivity index (χ1n) is 7.04. The van der Waals surface area contributed by atoms with Crippen LogP contribution in [0.3, 0.4) is 0 Å². The minimum Gasteiger partial charge on any atom is -0.507 e. The molecule has 0 unspecified atom stereocenters. The molecule has 1 aromatic heterocycles. The number of amides is 1. The van der Waals surface area contributed by atoms with Gasteiger partial charge in [-0.25, -0.2) is 4.98 Å². The highest BCUT2D eigenvalue weighted by molar-refractivity contribution is 5.92. The monoisotopic (exact) mass is 296 g/mol. The molecule has 0 spiro atoms. The number of nitrogens with one attached hydrogen (secondary N) is 1. The van der Waals surface area contributed by atoms with Gasteiger partial charge in [0.15, 0.2) is 5.58 Å². The summed E-state index contributed by atoms with van der Waals surface area (Å²) < 4.78 is 5.64. The summed E-state index contributed by atoms with van der Waals surface area (Å²) in [5.74, 6) is 0.126. The standard InChI is InChI=1S/C17H16N2O3/c1-10(2)16(21)18-11-7-8-12(14(20)9-11)17-19-13-5-3-4-6-15(13)22-17/h3-10,20H,1-2H3,(H,18,21). The van der Waals surface area contributed by atoms with Crippen molar-refractivity contribution in [3.8, 4) is 17.2 Å². The molecule has 112 valence electrons. The summed E-state index contributed by atoms with van der Waals surface area (Å²) in [7, 11) is 0. The summed E-state index contributed by atoms with van der Waals surface area (Å²) in [6.07, 6.45) is 0. The molecule has 0 saturated carbocycles. The summed E-state index contributed by atoms with van der Waals surface area (Å²) in [6.45, 7) is 3.61. The van der Waals surface area contributed by atoms with Crippen LogP contribution in [-0.2, 0) is 4.79 Å². The molecule has 3 aromatic rings. The molecule has 0 fully saturated rings. The summed E-state index contributed by atoms with van der Waals surface area (Å²) in [6, 6.07) is 12.3. The minimum absolute atomic E-state index is 0.00751. The Morgan fingerprint density at radius 3 is 2.68 bits per heavy atom. The number of nitrogens with zero attached hydrogens (tertiary/aromatic N) is 1. The lowest BCUT2D eigenvalue weighted by Crippen LogP contribution is -2.17. The molecule has 5 heteroatoms. The Labute approximate surface area is 127 Å². The van der Waals surface area contributed by atoms with Crippen molar-refractivity contribution >= 4 is 22.7 Å². The normalized spacial score (nSPS) is 11.0. The lowest BCUT2D eigenvalue weighted by atomic mass is 10.1. The number of carbonyl (C=O) groups excluding carboxylic acids is 1. The molecule has 0 bridgehead atoms. The number of oxazole rings is 1. The highest BCUT2D eigenvalue weighted by atomic mass is 16.3. The molecule has 0 radical (unpaired) electrons. The number of aromatic nitrogens is 1. The fourth-order valence-corrected chi connectivity index (χ4v) is 2.06. The zero-order valence-corrected chi connectivity index (χ0v) is 12.3. The lowest BCUT2D eigenvalue weighted by Gasteiger charge is -2.09. The number of phenols is 1. The van der Waals surface area contributed by atoms with Crippen molar-refractivity contribution < 1.29 is 14.3 Å². The van der Waals surface area contributed by atoms with E-state index in [1.807, 2.05) is 38.1 Å². The number of hydrogen-bond donors (Lipinski definition) is 2. The van der Waals surface area contributed by atoms with Gasteiger partial charge in [0, 0.05) is 17.7 Å². The number of rotatable bonds is 3. The number of para-hydroxylation sites is 2. The molecule has 0 saturated heterocycles. The molecule has 0 aliphatic carbocycles. The van der Waals surface area contributed by atoms with E-state index in [0.717, 1.165) is 5.52 Å². The molecule has 0 atom stereocenters. The van der Waals surface area contributed by atoms with Gasteiger partial charge in [0.2, 0.25) is 11.8 Å². The quantitative estimate of drug-likeness (QED) is 0.771. The second kappa shape index (κ2) is 5.52.